The molecule has 1 aliphatic heterocycles. The first-order valence-electron chi connectivity index (χ1n) is 6.81. The molecule has 1 fully saturated rings. The fourth-order valence-corrected chi connectivity index (χ4v) is 2.31. The van der Waals surface area contributed by atoms with E-state index in [1.165, 1.54) is 6.20 Å². The summed E-state index contributed by atoms with van der Waals surface area (Å²) in [7, 11) is 0. The molecule has 0 unspecified atom stereocenters. The third-order valence-electron chi connectivity index (χ3n) is 3.43. The number of hydrogen-bond acceptors (Lipinski definition) is 4. The fourth-order valence-electron chi connectivity index (χ4n) is 2.18. The zero-order valence-corrected chi connectivity index (χ0v) is 12.8. The fraction of sp³-hybridized carbons (Fsp3) is 0.250. The summed E-state index contributed by atoms with van der Waals surface area (Å²) in [6.45, 7) is 4.92. The molecule has 1 aromatic rings. The van der Waals surface area contributed by atoms with Gasteiger partial charge in [0.2, 0.25) is 0 Å². The SMILES string of the molecule is C=C1C(=O)N(Cc2ccc(Cl)cc2)CCN1/C=C(/C=O)CO. The van der Waals surface area contributed by atoms with Crippen LogP contribution in [0, 0.1) is 0 Å². The van der Waals surface area contributed by atoms with E-state index in [4.69, 9.17) is 16.7 Å². The van der Waals surface area contributed by atoms with Crippen LogP contribution in [0.1, 0.15) is 5.56 Å². The van der Waals surface area contributed by atoms with Gasteiger partial charge in [-0.25, -0.2) is 0 Å². The zero-order valence-electron chi connectivity index (χ0n) is 12.0. The molecule has 22 heavy (non-hydrogen) atoms. The third-order valence-corrected chi connectivity index (χ3v) is 3.69. The first-order valence-corrected chi connectivity index (χ1v) is 7.19. The Morgan fingerprint density at radius 3 is 2.59 bits per heavy atom. The normalized spacial score (nSPS) is 16.2. The number of piperazine rings is 1. The van der Waals surface area contributed by atoms with Crippen LogP contribution in [0.15, 0.2) is 48.3 Å². The van der Waals surface area contributed by atoms with Crippen LogP contribution in [-0.4, -0.2) is 46.8 Å². The molecule has 0 aliphatic carbocycles. The highest BCUT2D eigenvalue weighted by molar-refractivity contribution is 6.30. The standard InChI is InChI=1S/C16H17ClN2O3/c1-12-16(22)19(8-13-2-4-15(17)5-3-13)7-6-18(12)9-14(10-20)11-21/h2-5,9-10,21H,1,6-8,11H2/b14-9-. The quantitative estimate of drug-likeness (QED) is 0.661. The zero-order chi connectivity index (χ0) is 16.1. The van der Waals surface area contributed by atoms with Crippen LogP contribution in [0.2, 0.25) is 5.02 Å². The first-order chi connectivity index (χ1) is 10.5. The van der Waals surface area contributed by atoms with Crippen molar-refractivity contribution in [2.75, 3.05) is 19.7 Å². The van der Waals surface area contributed by atoms with E-state index in [-0.39, 0.29) is 23.8 Å². The lowest BCUT2D eigenvalue weighted by molar-refractivity contribution is -0.131. The van der Waals surface area contributed by atoms with Gasteiger partial charge >= 0.3 is 0 Å². The van der Waals surface area contributed by atoms with E-state index in [2.05, 4.69) is 6.58 Å². The molecule has 0 spiro atoms. The van der Waals surface area contributed by atoms with E-state index < -0.39 is 0 Å². The highest BCUT2D eigenvalue weighted by Crippen LogP contribution is 2.18. The van der Waals surface area contributed by atoms with Gasteiger partial charge in [0.1, 0.15) is 6.29 Å². The molecule has 1 saturated heterocycles. The maximum Gasteiger partial charge on any atom is 0.270 e. The number of benzene rings is 1. The maximum atomic E-state index is 12.3. The van der Waals surface area contributed by atoms with E-state index in [9.17, 15) is 9.59 Å². The molecule has 1 heterocycles. The molecule has 1 aliphatic rings. The summed E-state index contributed by atoms with van der Waals surface area (Å²) in [6.07, 6.45) is 2.03. The Morgan fingerprint density at radius 2 is 2.00 bits per heavy atom. The molecule has 0 bridgehead atoms. The van der Waals surface area contributed by atoms with Crippen molar-refractivity contribution >= 4 is 23.8 Å². The molecule has 5 nitrogen and oxygen atoms in total. The molecule has 1 N–H and O–H groups in total. The van der Waals surface area contributed by atoms with Gasteiger partial charge in [0.25, 0.3) is 5.91 Å². The molecule has 0 radical (unpaired) electrons. The van der Waals surface area contributed by atoms with Gasteiger partial charge in [-0.1, -0.05) is 30.3 Å². The first kappa shape index (κ1) is 16.3. The second kappa shape index (κ2) is 7.24. The highest BCUT2D eigenvalue weighted by atomic mass is 35.5. The van der Waals surface area contributed by atoms with Crippen molar-refractivity contribution in [2.45, 2.75) is 6.54 Å². The lowest BCUT2D eigenvalue weighted by Crippen LogP contribution is -2.46. The summed E-state index contributed by atoms with van der Waals surface area (Å²) >= 11 is 5.84. The molecule has 0 aromatic heterocycles. The van der Waals surface area contributed by atoms with Crippen molar-refractivity contribution in [2.24, 2.45) is 0 Å². The highest BCUT2D eigenvalue weighted by Gasteiger charge is 2.26. The van der Waals surface area contributed by atoms with Crippen LogP contribution in [0.4, 0.5) is 0 Å². The van der Waals surface area contributed by atoms with E-state index >= 15 is 0 Å². The molecule has 116 valence electrons. The largest absolute Gasteiger partial charge is 0.391 e. The average Bonchev–Trinajstić information content (AvgIpc) is 2.53. The summed E-state index contributed by atoms with van der Waals surface area (Å²) in [4.78, 5) is 26.4. The Bertz CT molecular complexity index is 610. The Hall–Kier alpha value is -2.11. The lowest BCUT2D eigenvalue weighted by atomic mass is 10.1. The number of halogens is 1. The van der Waals surface area contributed by atoms with Crippen molar-refractivity contribution in [1.82, 2.24) is 9.80 Å². The predicted octanol–water partition coefficient (Wildman–Crippen LogP) is 1.57. The average molecular weight is 321 g/mol. The number of amides is 1. The number of rotatable bonds is 5. The van der Waals surface area contributed by atoms with Gasteiger partial charge in [0, 0.05) is 36.4 Å². The second-order valence-electron chi connectivity index (χ2n) is 4.97. The molecule has 1 amide bonds. The summed E-state index contributed by atoms with van der Waals surface area (Å²) in [6, 6.07) is 7.32. The van der Waals surface area contributed by atoms with Crippen molar-refractivity contribution in [3.05, 3.63) is 58.9 Å². The molecule has 0 saturated carbocycles. The molecule has 1 aromatic carbocycles. The minimum absolute atomic E-state index is 0.194. The number of carbonyl (C=O) groups is 2. The summed E-state index contributed by atoms with van der Waals surface area (Å²) < 4.78 is 0. The monoisotopic (exact) mass is 320 g/mol. The molecular formula is C16H17ClN2O3. The van der Waals surface area contributed by atoms with E-state index in [0.29, 0.717) is 30.9 Å². The number of nitrogens with zero attached hydrogens (tertiary/aromatic N) is 2. The van der Waals surface area contributed by atoms with Crippen LogP contribution in [-0.2, 0) is 16.1 Å². The minimum Gasteiger partial charge on any atom is -0.391 e. The second-order valence-corrected chi connectivity index (χ2v) is 5.41. The Kier molecular flexibility index (Phi) is 5.35. The van der Waals surface area contributed by atoms with Gasteiger partial charge in [0.15, 0.2) is 0 Å². The van der Waals surface area contributed by atoms with E-state index in [1.54, 1.807) is 21.9 Å². The lowest BCUT2D eigenvalue weighted by Gasteiger charge is -2.35. The third kappa shape index (κ3) is 3.75. The van der Waals surface area contributed by atoms with Gasteiger partial charge in [-0.15, -0.1) is 0 Å². The number of aldehydes is 1. The van der Waals surface area contributed by atoms with Crippen molar-refractivity contribution in [1.29, 1.82) is 0 Å². The molecular weight excluding hydrogens is 304 g/mol. The van der Waals surface area contributed by atoms with Gasteiger partial charge in [-0.2, -0.15) is 0 Å². The molecule has 2 rings (SSSR count). The van der Waals surface area contributed by atoms with Gasteiger partial charge in [0.05, 0.1) is 12.3 Å². The van der Waals surface area contributed by atoms with Gasteiger partial charge < -0.3 is 14.9 Å². The Morgan fingerprint density at radius 1 is 1.32 bits per heavy atom. The number of aliphatic hydroxyl groups is 1. The van der Waals surface area contributed by atoms with Gasteiger partial charge in [-0.05, 0) is 17.7 Å². The van der Waals surface area contributed by atoms with Crippen molar-refractivity contribution in [3.63, 3.8) is 0 Å². The summed E-state index contributed by atoms with van der Waals surface area (Å²) in [5.41, 5.74) is 1.48. The van der Waals surface area contributed by atoms with E-state index in [1.807, 2.05) is 12.1 Å². The maximum absolute atomic E-state index is 12.3. The number of carbonyl (C=O) groups excluding carboxylic acids is 2. The van der Waals surface area contributed by atoms with Crippen molar-refractivity contribution in [3.8, 4) is 0 Å². The minimum atomic E-state index is -0.365. The number of hydrogen-bond donors (Lipinski definition) is 1. The predicted molar refractivity (Wildman–Crippen MR) is 83.9 cm³/mol. The Balaban J connectivity index is 2.06. The summed E-state index contributed by atoms with van der Waals surface area (Å²) in [5.74, 6) is -0.194. The smallest absolute Gasteiger partial charge is 0.270 e. The van der Waals surface area contributed by atoms with Gasteiger partial charge in [-0.3, -0.25) is 9.59 Å². The van der Waals surface area contributed by atoms with E-state index in [0.717, 1.165) is 5.56 Å². The number of aliphatic hydroxyl groups excluding tert-OH is 1. The molecule has 6 heteroatoms. The van der Waals surface area contributed by atoms with Crippen LogP contribution in [0.5, 0.6) is 0 Å². The molecule has 0 atom stereocenters. The van der Waals surface area contributed by atoms with Crippen LogP contribution in [0.25, 0.3) is 0 Å². The topological polar surface area (TPSA) is 60.9 Å². The Labute approximate surface area is 134 Å². The van der Waals surface area contributed by atoms with Crippen LogP contribution in [0.3, 0.4) is 0 Å². The van der Waals surface area contributed by atoms with Crippen LogP contribution < -0.4 is 0 Å². The summed E-state index contributed by atoms with van der Waals surface area (Å²) in [5, 5.41) is 9.67. The van der Waals surface area contributed by atoms with Crippen LogP contribution >= 0.6 is 11.6 Å². The van der Waals surface area contributed by atoms with Crippen molar-refractivity contribution < 1.29 is 14.7 Å².